The summed E-state index contributed by atoms with van der Waals surface area (Å²) in [5, 5.41) is 9.22. The summed E-state index contributed by atoms with van der Waals surface area (Å²) in [6, 6.07) is 4.29. The number of aliphatic hydroxyl groups excluding tert-OH is 1. The predicted molar refractivity (Wildman–Crippen MR) is 78.7 cm³/mol. The van der Waals surface area contributed by atoms with E-state index in [0.717, 1.165) is 24.1 Å². The maximum atomic E-state index is 12.6. The Morgan fingerprint density at radius 2 is 2.11 bits per heavy atom. The lowest BCUT2D eigenvalue weighted by molar-refractivity contribution is 0.0590. The molecule has 0 spiro atoms. The van der Waals surface area contributed by atoms with Gasteiger partial charge in [-0.2, -0.15) is 0 Å². The molecule has 1 aliphatic rings. The summed E-state index contributed by atoms with van der Waals surface area (Å²) >= 11 is 1.59. The molecule has 1 fully saturated rings. The van der Waals surface area contributed by atoms with E-state index in [4.69, 9.17) is 0 Å². The van der Waals surface area contributed by atoms with Gasteiger partial charge in [0.1, 0.15) is 0 Å². The molecule has 0 aliphatic heterocycles. The standard InChI is InChI=1S/C15H23NO2S/c1-2-13-8-9-14(19-13)15(18)16(10-11-17)12-6-4-3-5-7-12/h8-9,12,17H,2-7,10-11H2,1H3. The normalized spacial score (nSPS) is 16.5. The quantitative estimate of drug-likeness (QED) is 0.901. The number of hydrogen-bond donors (Lipinski definition) is 1. The molecule has 1 amide bonds. The highest BCUT2D eigenvalue weighted by molar-refractivity contribution is 7.14. The highest BCUT2D eigenvalue weighted by Gasteiger charge is 2.26. The average Bonchev–Trinajstić information content (AvgIpc) is 2.94. The SMILES string of the molecule is CCc1ccc(C(=O)N(CCO)C2CCCCC2)s1. The van der Waals surface area contributed by atoms with Crippen molar-refractivity contribution in [2.24, 2.45) is 0 Å². The van der Waals surface area contributed by atoms with Gasteiger partial charge in [0.2, 0.25) is 0 Å². The van der Waals surface area contributed by atoms with Crippen LogP contribution in [-0.2, 0) is 6.42 Å². The Morgan fingerprint density at radius 3 is 2.68 bits per heavy atom. The van der Waals surface area contributed by atoms with E-state index in [2.05, 4.69) is 6.92 Å². The molecular formula is C15H23NO2S. The Morgan fingerprint density at radius 1 is 1.37 bits per heavy atom. The van der Waals surface area contributed by atoms with Crippen molar-refractivity contribution in [1.82, 2.24) is 4.90 Å². The molecule has 1 saturated carbocycles. The largest absolute Gasteiger partial charge is 0.395 e. The average molecular weight is 281 g/mol. The first-order valence-corrected chi connectivity index (χ1v) is 8.08. The molecule has 4 heteroatoms. The highest BCUT2D eigenvalue weighted by Crippen LogP contribution is 2.26. The lowest BCUT2D eigenvalue weighted by atomic mass is 9.94. The van der Waals surface area contributed by atoms with E-state index in [-0.39, 0.29) is 12.5 Å². The molecule has 1 aliphatic carbocycles. The Bertz CT molecular complexity index is 410. The molecule has 1 heterocycles. The van der Waals surface area contributed by atoms with E-state index in [0.29, 0.717) is 12.6 Å². The van der Waals surface area contributed by atoms with Crippen LogP contribution in [0.5, 0.6) is 0 Å². The van der Waals surface area contributed by atoms with E-state index in [1.165, 1.54) is 24.1 Å². The predicted octanol–water partition coefficient (Wildman–Crippen LogP) is 3.08. The van der Waals surface area contributed by atoms with E-state index >= 15 is 0 Å². The molecule has 1 N–H and O–H groups in total. The van der Waals surface area contributed by atoms with E-state index in [1.807, 2.05) is 17.0 Å². The van der Waals surface area contributed by atoms with Crippen LogP contribution in [0.1, 0.15) is 53.6 Å². The van der Waals surface area contributed by atoms with Gasteiger partial charge in [0, 0.05) is 17.5 Å². The fourth-order valence-corrected chi connectivity index (χ4v) is 3.68. The molecule has 3 nitrogen and oxygen atoms in total. The third kappa shape index (κ3) is 3.57. The number of carbonyl (C=O) groups is 1. The lowest BCUT2D eigenvalue weighted by Gasteiger charge is -2.33. The van der Waals surface area contributed by atoms with Gasteiger partial charge in [0.05, 0.1) is 11.5 Å². The highest BCUT2D eigenvalue weighted by atomic mass is 32.1. The van der Waals surface area contributed by atoms with Gasteiger partial charge < -0.3 is 10.0 Å². The van der Waals surface area contributed by atoms with Gasteiger partial charge in [-0.25, -0.2) is 0 Å². The van der Waals surface area contributed by atoms with E-state index in [9.17, 15) is 9.90 Å². The molecule has 0 aromatic carbocycles. The maximum absolute atomic E-state index is 12.6. The first-order chi connectivity index (χ1) is 9.26. The van der Waals surface area contributed by atoms with Crippen LogP contribution in [0, 0.1) is 0 Å². The van der Waals surface area contributed by atoms with Crippen molar-refractivity contribution in [2.75, 3.05) is 13.2 Å². The lowest BCUT2D eigenvalue weighted by Crippen LogP contribution is -2.42. The molecular weight excluding hydrogens is 258 g/mol. The van der Waals surface area contributed by atoms with Crippen LogP contribution in [0.3, 0.4) is 0 Å². The number of rotatable bonds is 5. The Hall–Kier alpha value is -0.870. The molecule has 0 bridgehead atoms. The van der Waals surface area contributed by atoms with Crippen LogP contribution in [0.15, 0.2) is 12.1 Å². The minimum absolute atomic E-state index is 0.0499. The summed E-state index contributed by atoms with van der Waals surface area (Å²) in [5.41, 5.74) is 0. The summed E-state index contributed by atoms with van der Waals surface area (Å²) in [6.45, 7) is 2.61. The monoisotopic (exact) mass is 281 g/mol. The van der Waals surface area contributed by atoms with E-state index in [1.54, 1.807) is 11.3 Å². The Kier molecular flexibility index (Phi) is 5.40. The second kappa shape index (κ2) is 7.06. The van der Waals surface area contributed by atoms with Crippen molar-refractivity contribution in [3.63, 3.8) is 0 Å². The minimum atomic E-state index is 0.0499. The third-order valence-corrected chi connectivity index (χ3v) is 5.06. The first kappa shape index (κ1) is 14.5. The number of hydrogen-bond acceptors (Lipinski definition) is 3. The molecule has 0 saturated heterocycles. The molecule has 0 radical (unpaired) electrons. The maximum Gasteiger partial charge on any atom is 0.264 e. The van der Waals surface area contributed by atoms with E-state index < -0.39 is 0 Å². The number of aliphatic hydroxyl groups is 1. The third-order valence-electron chi connectivity index (χ3n) is 3.84. The summed E-state index contributed by atoms with van der Waals surface area (Å²) < 4.78 is 0. The van der Waals surface area contributed by atoms with Crippen molar-refractivity contribution >= 4 is 17.2 Å². The fraction of sp³-hybridized carbons (Fsp3) is 0.667. The van der Waals surface area contributed by atoms with Crippen LogP contribution in [0.4, 0.5) is 0 Å². The molecule has 0 unspecified atom stereocenters. The van der Waals surface area contributed by atoms with Gasteiger partial charge in [-0.05, 0) is 31.4 Å². The Balaban J connectivity index is 2.10. The summed E-state index contributed by atoms with van der Waals surface area (Å²) in [7, 11) is 0. The van der Waals surface area contributed by atoms with Crippen LogP contribution in [0.2, 0.25) is 0 Å². The second-order valence-corrected chi connectivity index (χ2v) is 6.30. The number of nitrogens with zero attached hydrogens (tertiary/aromatic N) is 1. The molecule has 106 valence electrons. The van der Waals surface area contributed by atoms with Crippen LogP contribution in [-0.4, -0.2) is 35.1 Å². The van der Waals surface area contributed by atoms with Crippen LogP contribution < -0.4 is 0 Å². The molecule has 0 atom stereocenters. The van der Waals surface area contributed by atoms with Gasteiger partial charge in [0.15, 0.2) is 0 Å². The number of aryl methyl sites for hydroxylation is 1. The summed E-state index contributed by atoms with van der Waals surface area (Å²) in [6.07, 6.45) is 6.81. The first-order valence-electron chi connectivity index (χ1n) is 7.26. The molecule has 2 rings (SSSR count). The van der Waals surface area contributed by atoms with Crippen LogP contribution >= 0.6 is 11.3 Å². The minimum Gasteiger partial charge on any atom is -0.395 e. The number of thiophene rings is 1. The summed E-state index contributed by atoms with van der Waals surface area (Å²) in [4.78, 5) is 16.5. The molecule has 1 aromatic rings. The topological polar surface area (TPSA) is 40.5 Å². The summed E-state index contributed by atoms with van der Waals surface area (Å²) in [5.74, 6) is 0.102. The van der Waals surface area contributed by atoms with Crippen molar-refractivity contribution in [2.45, 2.75) is 51.5 Å². The smallest absolute Gasteiger partial charge is 0.264 e. The molecule has 1 aromatic heterocycles. The van der Waals surface area contributed by atoms with Gasteiger partial charge in [-0.3, -0.25) is 4.79 Å². The fourth-order valence-electron chi connectivity index (χ4n) is 2.77. The van der Waals surface area contributed by atoms with Gasteiger partial charge in [-0.1, -0.05) is 26.2 Å². The van der Waals surface area contributed by atoms with Gasteiger partial charge in [0.25, 0.3) is 5.91 Å². The van der Waals surface area contributed by atoms with Crippen molar-refractivity contribution in [1.29, 1.82) is 0 Å². The molecule has 19 heavy (non-hydrogen) atoms. The number of amides is 1. The second-order valence-electron chi connectivity index (χ2n) is 5.13. The van der Waals surface area contributed by atoms with Gasteiger partial charge in [-0.15, -0.1) is 11.3 Å². The van der Waals surface area contributed by atoms with Crippen molar-refractivity contribution in [3.8, 4) is 0 Å². The van der Waals surface area contributed by atoms with Crippen molar-refractivity contribution in [3.05, 3.63) is 21.9 Å². The Labute approximate surface area is 119 Å². The zero-order valence-electron chi connectivity index (χ0n) is 11.6. The van der Waals surface area contributed by atoms with Gasteiger partial charge >= 0.3 is 0 Å². The van der Waals surface area contributed by atoms with Crippen LogP contribution in [0.25, 0.3) is 0 Å². The van der Waals surface area contributed by atoms with Crippen molar-refractivity contribution < 1.29 is 9.90 Å². The number of carbonyl (C=O) groups excluding carboxylic acids is 1. The zero-order valence-corrected chi connectivity index (χ0v) is 12.4. The zero-order chi connectivity index (χ0) is 13.7.